The zero-order valence-corrected chi connectivity index (χ0v) is 12.5. The van der Waals surface area contributed by atoms with Gasteiger partial charge in [-0.1, -0.05) is 13.3 Å². The third kappa shape index (κ3) is 4.07. The van der Waals surface area contributed by atoms with Gasteiger partial charge in [0.15, 0.2) is 0 Å². The molecular weight excluding hydrogens is 266 g/mol. The van der Waals surface area contributed by atoms with E-state index in [4.69, 9.17) is 5.14 Å². The van der Waals surface area contributed by atoms with Gasteiger partial charge in [0.2, 0.25) is 10.0 Å². The maximum Gasteiger partial charge on any atom is 0.268 e. The molecule has 0 atom stereocenters. The van der Waals surface area contributed by atoms with Gasteiger partial charge < -0.3 is 9.88 Å². The Morgan fingerprint density at radius 3 is 2.47 bits per heavy atom. The molecule has 0 aliphatic rings. The van der Waals surface area contributed by atoms with Crippen molar-refractivity contribution >= 4 is 15.9 Å². The normalized spacial score (nSPS) is 12.5. The third-order valence-corrected chi connectivity index (χ3v) is 3.75. The molecule has 108 valence electrons. The van der Waals surface area contributed by atoms with E-state index in [0.717, 1.165) is 12.8 Å². The summed E-state index contributed by atoms with van der Waals surface area (Å²) in [7, 11) is -2.19. The predicted molar refractivity (Wildman–Crippen MR) is 73.2 cm³/mol. The lowest BCUT2D eigenvalue weighted by atomic mass is 9.99. The van der Waals surface area contributed by atoms with Gasteiger partial charge in [0, 0.05) is 18.8 Å². The van der Waals surface area contributed by atoms with Crippen LogP contribution in [0.15, 0.2) is 17.2 Å². The van der Waals surface area contributed by atoms with E-state index in [1.165, 1.54) is 16.8 Å². The van der Waals surface area contributed by atoms with E-state index in [9.17, 15) is 13.2 Å². The fourth-order valence-electron chi connectivity index (χ4n) is 1.97. The molecule has 1 amide bonds. The van der Waals surface area contributed by atoms with Crippen LogP contribution in [0.2, 0.25) is 0 Å². The van der Waals surface area contributed by atoms with E-state index >= 15 is 0 Å². The SMILES string of the molecule is CCCC(C)(C)NC(=O)c1cc(S(N)(=O)=O)cn1C. The molecule has 0 bridgehead atoms. The van der Waals surface area contributed by atoms with Gasteiger partial charge in [-0.25, -0.2) is 13.6 Å². The summed E-state index contributed by atoms with van der Waals surface area (Å²) < 4.78 is 23.9. The molecule has 19 heavy (non-hydrogen) atoms. The number of hydrogen-bond donors (Lipinski definition) is 2. The molecule has 0 aromatic carbocycles. The van der Waals surface area contributed by atoms with Crippen LogP contribution >= 0.6 is 0 Å². The Hall–Kier alpha value is -1.34. The minimum atomic E-state index is -3.79. The Kier molecular flexibility index (Phi) is 4.42. The zero-order chi connectivity index (χ0) is 14.8. The second-order valence-corrected chi connectivity index (χ2v) is 6.87. The standard InChI is InChI=1S/C12H21N3O3S/c1-5-6-12(2,3)14-11(16)10-7-9(8-15(10)4)19(13,17)18/h7-8H,5-6H2,1-4H3,(H,14,16)(H2,13,17,18). The van der Waals surface area contributed by atoms with Crippen molar-refractivity contribution in [3.63, 3.8) is 0 Å². The van der Waals surface area contributed by atoms with Crippen molar-refractivity contribution in [3.05, 3.63) is 18.0 Å². The molecule has 0 saturated heterocycles. The number of aromatic nitrogens is 1. The van der Waals surface area contributed by atoms with Crippen LogP contribution in [0.1, 0.15) is 44.1 Å². The summed E-state index contributed by atoms with van der Waals surface area (Å²) >= 11 is 0. The van der Waals surface area contributed by atoms with Crippen LogP contribution < -0.4 is 10.5 Å². The summed E-state index contributed by atoms with van der Waals surface area (Å²) in [6, 6.07) is 1.28. The lowest BCUT2D eigenvalue weighted by Crippen LogP contribution is -2.43. The maximum absolute atomic E-state index is 12.1. The highest BCUT2D eigenvalue weighted by Gasteiger charge is 2.23. The van der Waals surface area contributed by atoms with Crippen LogP contribution in [0.3, 0.4) is 0 Å². The van der Waals surface area contributed by atoms with Gasteiger partial charge in [0.1, 0.15) is 10.6 Å². The van der Waals surface area contributed by atoms with Crippen molar-refractivity contribution in [2.75, 3.05) is 0 Å². The van der Waals surface area contributed by atoms with Crippen LogP contribution in [-0.2, 0) is 17.1 Å². The Morgan fingerprint density at radius 1 is 1.47 bits per heavy atom. The average Bonchev–Trinajstić information content (AvgIpc) is 2.58. The highest BCUT2D eigenvalue weighted by atomic mass is 32.2. The fraction of sp³-hybridized carbons (Fsp3) is 0.583. The quantitative estimate of drug-likeness (QED) is 0.845. The predicted octanol–water partition coefficient (Wildman–Crippen LogP) is 0.981. The first-order valence-corrected chi connectivity index (χ1v) is 7.63. The van der Waals surface area contributed by atoms with E-state index in [1.807, 2.05) is 20.8 Å². The monoisotopic (exact) mass is 287 g/mol. The number of amides is 1. The summed E-state index contributed by atoms with van der Waals surface area (Å²) in [5, 5.41) is 7.92. The summed E-state index contributed by atoms with van der Waals surface area (Å²) in [5.41, 5.74) is -0.0640. The summed E-state index contributed by atoms with van der Waals surface area (Å²) in [6.07, 6.45) is 3.12. The number of nitrogens with one attached hydrogen (secondary N) is 1. The largest absolute Gasteiger partial charge is 0.346 e. The molecule has 0 unspecified atom stereocenters. The molecule has 0 fully saturated rings. The minimum Gasteiger partial charge on any atom is -0.346 e. The number of nitrogens with two attached hydrogens (primary N) is 1. The van der Waals surface area contributed by atoms with Gasteiger partial charge in [-0.2, -0.15) is 0 Å². The number of sulfonamides is 1. The average molecular weight is 287 g/mol. The molecule has 1 aromatic rings. The van der Waals surface area contributed by atoms with E-state index in [-0.39, 0.29) is 22.0 Å². The lowest BCUT2D eigenvalue weighted by molar-refractivity contribution is 0.0900. The van der Waals surface area contributed by atoms with Crippen molar-refractivity contribution in [1.82, 2.24) is 9.88 Å². The molecule has 7 heteroatoms. The second kappa shape index (κ2) is 5.34. The molecule has 0 radical (unpaired) electrons. The summed E-state index contributed by atoms with van der Waals surface area (Å²) in [5.74, 6) is -0.309. The fourth-order valence-corrected chi connectivity index (χ4v) is 2.56. The Labute approximate surface area is 114 Å². The van der Waals surface area contributed by atoms with Gasteiger partial charge in [0.05, 0.1) is 0 Å². The van der Waals surface area contributed by atoms with Crippen molar-refractivity contribution in [1.29, 1.82) is 0 Å². The topological polar surface area (TPSA) is 94.2 Å². The molecule has 1 aromatic heterocycles. The van der Waals surface area contributed by atoms with Gasteiger partial charge in [-0.05, 0) is 26.3 Å². The van der Waals surface area contributed by atoms with E-state index in [1.54, 1.807) is 7.05 Å². The molecule has 6 nitrogen and oxygen atoms in total. The molecule has 1 rings (SSSR count). The van der Waals surface area contributed by atoms with Crippen LogP contribution in [-0.4, -0.2) is 24.4 Å². The summed E-state index contributed by atoms with van der Waals surface area (Å²) in [6.45, 7) is 5.89. The van der Waals surface area contributed by atoms with E-state index in [2.05, 4.69) is 5.32 Å². The highest BCUT2D eigenvalue weighted by molar-refractivity contribution is 7.89. The van der Waals surface area contributed by atoms with Gasteiger partial charge in [0.25, 0.3) is 5.91 Å². The molecular formula is C12H21N3O3S. The summed E-state index contributed by atoms with van der Waals surface area (Å²) in [4.78, 5) is 12.1. The Balaban J connectivity index is 2.99. The first kappa shape index (κ1) is 15.7. The van der Waals surface area contributed by atoms with Gasteiger partial charge in [-0.15, -0.1) is 0 Å². The highest BCUT2D eigenvalue weighted by Crippen LogP contribution is 2.15. The number of nitrogens with zero attached hydrogens (tertiary/aromatic N) is 1. The minimum absolute atomic E-state index is 0.0616. The molecule has 1 heterocycles. The van der Waals surface area contributed by atoms with Gasteiger partial charge >= 0.3 is 0 Å². The zero-order valence-electron chi connectivity index (χ0n) is 11.7. The van der Waals surface area contributed by atoms with Crippen molar-refractivity contribution in [2.24, 2.45) is 12.2 Å². The maximum atomic E-state index is 12.1. The number of hydrogen-bond acceptors (Lipinski definition) is 3. The van der Waals surface area contributed by atoms with Crippen LogP contribution in [0, 0.1) is 0 Å². The number of rotatable bonds is 5. The van der Waals surface area contributed by atoms with E-state index < -0.39 is 10.0 Å². The molecule has 0 spiro atoms. The number of primary sulfonamides is 1. The van der Waals surface area contributed by atoms with Crippen molar-refractivity contribution < 1.29 is 13.2 Å². The van der Waals surface area contributed by atoms with Crippen LogP contribution in [0.4, 0.5) is 0 Å². The first-order valence-electron chi connectivity index (χ1n) is 6.08. The van der Waals surface area contributed by atoms with E-state index in [0.29, 0.717) is 0 Å². The smallest absolute Gasteiger partial charge is 0.268 e. The molecule has 3 N–H and O–H groups in total. The Morgan fingerprint density at radius 2 is 2.05 bits per heavy atom. The number of carbonyl (C=O) groups excluding carboxylic acids is 1. The van der Waals surface area contributed by atoms with Gasteiger partial charge in [-0.3, -0.25) is 4.79 Å². The second-order valence-electron chi connectivity index (χ2n) is 5.30. The van der Waals surface area contributed by atoms with Crippen molar-refractivity contribution in [3.8, 4) is 0 Å². The Bertz CT molecular complexity index is 573. The lowest BCUT2D eigenvalue weighted by Gasteiger charge is -2.25. The van der Waals surface area contributed by atoms with Crippen LogP contribution in [0.25, 0.3) is 0 Å². The third-order valence-electron chi connectivity index (χ3n) is 2.87. The van der Waals surface area contributed by atoms with Crippen molar-refractivity contribution in [2.45, 2.75) is 44.0 Å². The molecule has 0 saturated carbocycles. The first-order chi connectivity index (χ1) is 8.57. The number of aryl methyl sites for hydroxylation is 1. The van der Waals surface area contributed by atoms with Crippen LogP contribution in [0.5, 0.6) is 0 Å². The molecule has 0 aliphatic carbocycles. The number of carbonyl (C=O) groups is 1. The molecule has 0 aliphatic heterocycles.